The summed E-state index contributed by atoms with van der Waals surface area (Å²) < 4.78 is 0. The first-order valence-electron chi connectivity index (χ1n) is 6.76. The highest BCUT2D eigenvalue weighted by molar-refractivity contribution is 5.81. The monoisotopic (exact) mass is 233 g/mol. The number of nitrogens with one attached hydrogen (secondary N) is 1. The summed E-state index contributed by atoms with van der Waals surface area (Å²) in [6.07, 6.45) is 0. The van der Waals surface area contributed by atoms with E-state index in [0.717, 1.165) is 0 Å². The molecule has 0 aliphatic carbocycles. The van der Waals surface area contributed by atoms with E-state index in [1.165, 1.54) is 22.2 Å². The van der Waals surface area contributed by atoms with E-state index in [1.54, 1.807) is 0 Å². The SMILES string of the molecule is CC.CC.Cc1ccc2cc(C(C)C)[nH]c2c1. The average molecular weight is 233 g/mol. The number of aromatic nitrogens is 1. The third-order valence-electron chi connectivity index (χ3n) is 2.42. The molecule has 96 valence electrons. The summed E-state index contributed by atoms with van der Waals surface area (Å²) in [5.41, 5.74) is 3.88. The van der Waals surface area contributed by atoms with Crippen LogP contribution in [0.25, 0.3) is 10.9 Å². The molecule has 1 aromatic heterocycles. The molecule has 0 bridgehead atoms. The van der Waals surface area contributed by atoms with Gasteiger partial charge in [-0.3, -0.25) is 0 Å². The lowest BCUT2D eigenvalue weighted by atomic mass is 10.1. The van der Waals surface area contributed by atoms with Crippen molar-refractivity contribution >= 4 is 10.9 Å². The summed E-state index contributed by atoms with van der Waals surface area (Å²) in [7, 11) is 0. The fraction of sp³-hybridized carbons (Fsp3) is 0.500. The molecule has 1 N–H and O–H groups in total. The van der Waals surface area contributed by atoms with Gasteiger partial charge in [0.2, 0.25) is 0 Å². The molecule has 17 heavy (non-hydrogen) atoms. The van der Waals surface area contributed by atoms with Gasteiger partial charge in [0.05, 0.1) is 0 Å². The van der Waals surface area contributed by atoms with Crippen molar-refractivity contribution in [1.82, 2.24) is 4.98 Å². The first-order chi connectivity index (χ1) is 8.16. The van der Waals surface area contributed by atoms with Gasteiger partial charge in [-0.2, -0.15) is 0 Å². The van der Waals surface area contributed by atoms with Crippen LogP contribution in [0.1, 0.15) is 58.7 Å². The number of aromatic amines is 1. The van der Waals surface area contributed by atoms with E-state index < -0.39 is 0 Å². The van der Waals surface area contributed by atoms with Crippen molar-refractivity contribution in [2.75, 3.05) is 0 Å². The van der Waals surface area contributed by atoms with E-state index in [9.17, 15) is 0 Å². The minimum Gasteiger partial charge on any atom is -0.358 e. The van der Waals surface area contributed by atoms with E-state index in [4.69, 9.17) is 0 Å². The molecule has 1 heterocycles. The van der Waals surface area contributed by atoms with Crippen LogP contribution < -0.4 is 0 Å². The van der Waals surface area contributed by atoms with Crippen LogP contribution in [0.5, 0.6) is 0 Å². The molecule has 2 aromatic rings. The fourth-order valence-corrected chi connectivity index (χ4v) is 1.57. The number of aryl methyl sites for hydroxylation is 1. The molecule has 1 aromatic carbocycles. The molecular weight excluding hydrogens is 206 g/mol. The summed E-state index contributed by atoms with van der Waals surface area (Å²) in [5.74, 6) is 0.577. The van der Waals surface area contributed by atoms with E-state index in [0.29, 0.717) is 5.92 Å². The van der Waals surface area contributed by atoms with E-state index in [-0.39, 0.29) is 0 Å². The third-order valence-corrected chi connectivity index (χ3v) is 2.42. The second-order valence-corrected chi connectivity index (χ2v) is 3.97. The highest BCUT2D eigenvalue weighted by atomic mass is 14.7. The number of fused-ring (bicyclic) bond motifs is 1. The first kappa shape index (κ1) is 15.8. The van der Waals surface area contributed by atoms with Gasteiger partial charge in [-0.1, -0.05) is 53.7 Å². The summed E-state index contributed by atoms with van der Waals surface area (Å²) in [6, 6.07) is 8.76. The van der Waals surface area contributed by atoms with Gasteiger partial charge in [0.1, 0.15) is 0 Å². The molecule has 0 saturated heterocycles. The quantitative estimate of drug-likeness (QED) is 0.655. The van der Waals surface area contributed by atoms with Gasteiger partial charge in [0.15, 0.2) is 0 Å². The minimum atomic E-state index is 0.577. The van der Waals surface area contributed by atoms with Crippen molar-refractivity contribution in [2.45, 2.75) is 54.4 Å². The van der Waals surface area contributed by atoms with E-state index in [1.807, 2.05) is 27.7 Å². The van der Waals surface area contributed by atoms with Crippen LogP contribution in [0.2, 0.25) is 0 Å². The summed E-state index contributed by atoms with van der Waals surface area (Å²) in [4.78, 5) is 3.44. The Bertz CT molecular complexity index is 424. The number of hydrogen-bond donors (Lipinski definition) is 1. The van der Waals surface area contributed by atoms with Crippen molar-refractivity contribution in [2.24, 2.45) is 0 Å². The predicted molar refractivity (Wildman–Crippen MR) is 79.8 cm³/mol. The normalized spacial score (nSPS) is 9.41. The van der Waals surface area contributed by atoms with Crippen LogP contribution in [-0.2, 0) is 0 Å². The van der Waals surface area contributed by atoms with Gasteiger partial charge in [0, 0.05) is 11.2 Å². The van der Waals surface area contributed by atoms with Gasteiger partial charge < -0.3 is 4.98 Å². The average Bonchev–Trinajstić information content (AvgIpc) is 2.77. The molecule has 0 saturated carbocycles. The number of hydrogen-bond acceptors (Lipinski definition) is 0. The fourth-order valence-electron chi connectivity index (χ4n) is 1.57. The second-order valence-electron chi connectivity index (χ2n) is 3.97. The van der Waals surface area contributed by atoms with E-state index >= 15 is 0 Å². The Hall–Kier alpha value is -1.24. The molecule has 0 aliphatic rings. The molecule has 1 heteroatoms. The Kier molecular flexibility index (Phi) is 7.36. The van der Waals surface area contributed by atoms with E-state index in [2.05, 4.69) is 50.0 Å². The molecule has 0 spiro atoms. The van der Waals surface area contributed by atoms with Crippen LogP contribution in [0.3, 0.4) is 0 Å². The first-order valence-corrected chi connectivity index (χ1v) is 6.76. The van der Waals surface area contributed by atoms with Gasteiger partial charge in [0.25, 0.3) is 0 Å². The molecular formula is C16H27N. The Morgan fingerprint density at radius 1 is 0.941 bits per heavy atom. The maximum absolute atomic E-state index is 3.44. The Morgan fingerprint density at radius 3 is 2.06 bits per heavy atom. The molecule has 2 rings (SSSR count). The maximum Gasteiger partial charge on any atom is 0.0458 e. The Labute approximate surface area is 106 Å². The maximum atomic E-state index is 3.44. The Balaban J connectivity index is 0.000000581. The predicted octanol–water partition coefficient (Wildman–Crippen LogP) is 5.65. The van der Waals surface area contributed by atoms with Gasteiger partial charge >= 0.3 is 0 Å². The summed E-state index contributed by atoms with van der Waals surface area (Å²) >= 11 is 0. The van der Waals surface area contributed by atoms with Crippen molar-refractivity contribution in [1.29, 1.82) is 0 Å². The number of rotatable bonds is 1. The summed E-state index contributed by atoms with van der Waals surface area (Å²) in [6.45, 7) is 14.5. The topological polar surface area (TPSA) is 15.8 Å². The zero-order valence-corrected chi connectivity index (χ0v) is 12.4. The molecule has 0 atom stereocenters. The highest BCUT2D eigenvalue weighted by Gasteiger charge is 2.03. The van der Waals surface area contributed by atoms with Crippen LogP contribution >= 0.6 is 0 Å². The minimum absolute atomic E-state index is 0.577. The zero-order chi connectivity index (χ0) is 13.4. The molecule has 0 fully saturated rings. The Morgan fingerprint density at radius 2 is 1.53 bits per heavy atom. The smallest absolute Gasteiger partial charge is 0.0458 e. The second kappa shape index (κ2) is 7.94. The largest absolute Gasteiger partial charge is 0.358 e. The van der Waals surface area contributed by atoms with Gasteiger partial charge in [-0.05, 0) is 35.9 Å². The van der Waals surface area contributed by atoms with Crippen molar-refractivity contribution in [3.05, 3.63) is 35.5 Å². The molecule has 0 amide bonds. The third kappa shape index (κ3) is 4.26. The number of benzene rings is 1. The van der Waals surface area contributed by atoms with Crippen LogP contribution in [0.4, 0.5) is 0 Å². The molecule has 0 unspecified atom stereocenters. The number of H-pyrrole nitrogens is 1. The van der Waals surface area contributed by atoms with Gasteiger partial charge in [-0.15, -0.1) is 0 Å². The van der Waals surface area contributed by atoms with Crippen molar-refractivity contribution < 1.29 is 0 Å². The summed E-state index contributed by atoms with van der Waals surface area (Å²) in [5, 5.41) is 1.31. The van der Waals surface area contributed by atoms with Gasteiger partial charge in [-0.25, -0.2) is 0 Å². The molecule has 0 aliphatic heterocycles. The lowest BCUT2D eigenvalue weighted by Gasteiger charge is -1.97. The van der Waals surface area contributed by atoms with Crippen LogP contribution in [-0.4, -0.2) is 4.98 Å². The highest BCUT2D eigenvalue weighted by Crippen LogP contribution is 2.21. The lowest BCUT2D eigenvalue weighted by molar-refractivity contribution is 0.836. The molecule has 1 nitrogen and oxygen atoms in total. The van der Waals surface area contributed by atoms with Crippen molar-refractivity contribution in [3.8, 4) is 0 Å². The zero-order valence-electron chi connectivity index (χ0n) is 12.4. The van der Waals surface area contributed by atoms with Crippen LogP contribution in [0, 0.1) is 6.92 Å². The lowest BCUT2D eigenvalue weighted by Crippen LogP contribution is -1.84. The molecule has 0 radical (unpaired) electrons. The van der Waals surface area contributed by atoms with Crippen molar-refractivity contribution in [3.63, 3.8) is 0 Å². The standard InChI is InChI=1S/C12H15N.2C2H6/c1-8(2)11-7-10-5-4-9(3)6-12(10)13-11;2*1-2/h4-8,13H,1-3H3;2*1-2H3. The van der Waals surface area contributed by atoms with Crippen LogP contribution in [0.15, 0.2) is 24.3 Å².